The molecule has 2 fully saturated rings. The zero-order valence-electron chi connectivity index (χ0n) is 17.3. The van der Waals surface area contributed by atoms with Gasteiger partial charge in [0.2, 0.25) is 0 Å². The smallest absolute Gasteiger partial charge is 0.262 e. The molecule has 0 saturated carbocycles. The van der Waals surface area contributed by atoms with Gasteiger partial charge in [0.25, 0.3) is 5.56 Å². The molecular weight excluding hydrogens is 397 g/mol. The average molecular weight is 423 g/mol. The second-order valence-corrected chi connectivity index (χ2v) is 8.32. The average Bonchev–Trinajstić information content (AvgIpc) is 3.44. The number of anilines is 1. The van der Waals surface area contributed by atoms with E-state index in [2.05, 4.69) is 0 Å². The number of ether oxygens (including phenoxy) is 2. The van der Waals surface area contributed by atoms with E-state index in [1.165, 1.54) is 10.6 Å². The van der Waals surface area contributed by atoms with Crippen molar-refractivity contribution < 1.29 is 13.9 Å². The van der Waals surface area contributed by atoms with Gasteiger partial charge in [0, 0.05) is 43.4 Å². The second-order valence-electron chi connectivity index (χ2n) is 8.32. The molecule has 2 atom stereocenters. The molecule has 3 aromatic rings. The van der Waals surface area contributed by atoms with Gasteiger partial charge >= 0.3 is 0 Å². The van der Waals surface area contributed by atoms with E-state index in [1.54, 1.807) is 30.5 Å². The van der Waals surface area contributed by atoms with Crippen molar-refractivity contribution in [1.82, 2.24) is 4.57 Å². The Kier molecular flexibility index (Phi) is 5.38. The van der Waals surface area contributed by atoms with Crippen molar-refractivity contribution in [3.05, 3.63) is 64.8 Å². The highest BCUT2D eigenvalue weighted by molar-refractivity contribution is 5.83. The van der Waals surface area contributed by atoms with E-state index >= 15 is 0 Å². The van der Waals surface area contributed by atoms with Gasteiger partial charge < -0.3 is 20.1 Å². The van der Waals surface area contributed by atoms with E-state index in [-0.39, 0.29) is 23.5 Å². The number of benzene rings is 2. The van der Waals surface area contributed by atoms with E-state index < -0.39 is 0 Å². The van der Waals surface area contributed by atoms with Crippen LogP contribution in [0.4, 0.5) is 10.1 Å². The van der Waals surface area contributed by atoms with Crippen molar-refractivity contribution in [3.8, 4) is 11.4 Å². The van der Waals surface area contributed by atoms with E-state index in [0.29, 0.717) is 35.7 Å². The molecule has 3 heterocycles. The first-order chi connectivity index (χ1) is 15.1. The molecule has 0 spiro atoms. The lowest BCUT2D eigenvalue weighted by Crippen LogP contribution is -2.27. The van der Waals surface area contributed by atoms with Gasteiger partial charge in [-0.05, 0) is 61.0 Å². The number of rotatable bonds is 5. The first kappa shape index (κ1) is 20.0. The zero-order chi connectivity index (χ0) is 21.4. The molecule has 6 nitrogen and oxygen atoms in total. The van der Waals surface area contributed by atoms with Crippen LogP contribution in [0.3, 0.4) is 0 Å². The first-order valence-electron chi connectivity index (χ1n) is 10.8. The Hall–Kier alpha value is -2.90. The van der Waals surface area contributed by atoms with Gasteiger partial charge in [-0.2, -0.15) is 0 Å². The van der Waals surface area contributed by atoms with E-state index in [0.717, 1.165) is 37.8 Å². The molecule has 7 heteroatoms. The Morgan fingerprint density at radius 2 is 2.06 bits per heavy atom. The largest absolute Gasteiger partial charge is 0.491 e. The number of halogens is 1. The van der Waals surface area contributed by atoms with E-state index in [4.69, 9.17) is 15.2 Å². The van der Waals surface area contributed by atoms with Crippen molar-refractivity contribution in [2.45, 2.75) is 31.4 Å². The van der Waals surface area contributed by atoms with Gasteiger partial charge in [-0.3, -0.25) is 9.36 Å². The van der Waals surface area contributed by atoms with Gasteiger partial charge in [-0.25, -0.2) is 4.39 Å². The predicted molar refractivity (Wildman–Crippen MR) is 119 cm³/mol. The fraction of sp³-hybridized carbons (Fsp3) is 0.375. The molecule has 1 aromatic heterocycles. The minimum atomic E-state index is -0.350. The summed E-state index contributed by atoms with van der Waals surface area (Å²) in [5.41, 5.74) is 6.77. The molecule has 2 aliphatic heterocycles. The fourth-order valence-electron chi connectivity index (χ4n) is 4.39. The number of pyridine rings is 1. The van der Waals surface area contributed by atoms with Crippen LogP contribution in [0.1, 0.15) is 19.3 Å². The van der Waals surface area contributed by atoms with Crippen LogP contribution in [0, 0.1) is 5.82 Å². The number of aromatic nitrogens is 1. The third kappa shape index (κ3) is 4.03. The van der Waals surface area contributed by atoms with Crippen molar-refractivity contribution in [1.29, 1.82) is 0 Å². The van der Waals surface area contributed by atoms with Gasteiger partial charge in [0.1, 0.15) is 18.2 Å². The maximum absolute atomic E-state index is 14.8. The molecule has 2 unspecified atom stereocenters. The van der Waals surface area contributed by atoms with Gasteiger partial charge in [0.05, 0.1) is 17.5 Å². The molecule has 0 amide bonds. The summed E-state index contributed by atoms with van der Waals surface area (Å²) in [6.07, 6.45) is 4.74. The number of hydrogen-bond acceptors (Lipinski definition) is 5. The lowest BCUT2D eigenvalue weighted by Gasteiger charge is -2.19. The SMILES string of the molecule is NC1CCN(c2ccc(-n3ccc4cc(OCC5CCCO5)ccc4c3=O)cc2F)C1. The maximum Gasteiger partial charge on any atom is 0.262 e. The Bertz CT molecular complexity index is 1160. The minimum Gasteiger partial charge on any atom is -0.491 e. The lowest BCUT2D eigenvalue weighted by molar-refractivity contribution is 0.0680. The van der Waals surface area contributed by atoms with Crippen LogP contribution in [0.5, 0.6) is 5.75 Å². The van der Waals surface area contributed by atoms with Crippen LogP contribution in [0.15, 0.2) is 53.5 Å². The summed E-state index contributed by atoms with van der Waals surface area (Å²) in [7, 11) is 0. The predicted octanol–water partition coefficient (Wildman–Crippen LogP) is 3.23. The third-order valence-corrected chi connectivity index (χ3v) is 6.11. The van der Waals surface area contributed by atoms with Crippen molar-refractivity contribution >= 4 is 16.5 Å². The summed E-state index contributed by atoms with van der Waals surface area (Å²) in [4.78, 5) is 15.0. The van der Waals surface area contributed by atoms with Gasteiger partial charge in [-0.1, -0.05) is 0 Å². The molecule has 2 N–H and O–H groups in total. The fourth-order valence-corrected chi connectivity index (χ4v) is 4.39. The molecule has 5 rings (SSSR count). The number of nitrogens with two attached hydrogens (primary N) is 1. The topological polar surface area (TPSA) is 69.7 Å². The molecular formula is C24H26FN3O3. The highest BCUT2D eigenvalue weighted by Gasteiger charge is 2.22. The van der Waals surface area contributed by atoms with Gasteiger partial charge in [-0.15, -0.1) is 0 Å². The Morgan fingerprint density at radius 1 is 1.16 bits per heavy atom. The second kappa shape index (κ2) is 8.32. The summed E-state index contributed by atoms with van der Waals surface area (Å²) >= 11 is 0. The number of fused-ring (bicyclic) bond motifs is 1. The standard InChI is InChI=1S/C24H26FN3O3/c25-22-13-18(3-6-23(22)27-9-8-17(26)14-27)28-10-7-16-12-19(4-5-21(16)24(28)29)31-15-20-2-1-11-30-20/h3-7,10,12-13,17,20H,1-2,8-9,11,14-15,26H2. The molecule has 2 aromatic carbocycles. The maximum atomic E-state index is 14.8. The summed E-state index contributed by atoms with van der Waals surface area (Å²) in [6, 6.07) is 12.2. The van der Waals surface area contributed by atoms with Gasteiger partial charge in [0.15, 0.2) is 0 Å². The lowest BCUT2D eigenvalue weighted by atomic mass is 10.1. The highest BCUT2D eigenvalue weighted by atomic mass is 19.1. The molecule has 0 radical (unpaired) electrons. The van der Waals surface area contributed by atoms with Crippen LogP contribution >= 0.6 is 0 Å². The molecule has 0 aliphatic carbocycles. The first-order valence-corrected chi connectivity index (χ1v) is 10.8. The summed E-state index contributed by atoms with van der Waals surface area (Å²) in [5.74, 6) is 0.357. The summed E-state index contributed by atoms with van der Waals surface area (Å²) in [6.45, 7) is 2.68. The van der Waals surface area contributed by atoms with Crippen LogP contribution in [-0.4, -0.2) is 43.0 Å². The molecule has 2 aliphatic rings. The molecule has 2 saturated heterocycles. The Balaban J connectivity index is 1.40. The quantitative estimate of drug-likeness (QED) is 0.682. The van der Waals surface area contributed by atoms with Crippen LogP contribution in [0.2, 0.25) is 0 Å². The van der Waals surface area contributed by atoms with E-state index in [9.17, 15) is 9.18 Å². The molecule has 31 heavy (non-hydrogen) atoms. The number of nitrogens with zero attached hydrogens (tertiary/aromatic N) is 2. The van der Waals surface area contributed by atoms with Crippen molar-refractivity contribution in [3.63, 3.8) is 0 Å². The third-order valence-electron chi connectivity index (χ3n) is 6.11. The normalized spacial score (nSPS) is 21.2. The Labute approximate surface area is 180 Å². The van der Waals surface area contributed by atoms with Crippen molar-refractivity contribution in [2.24, 2.45) is 5.73 Å². The monoisotopic (exact) mass is 423 g/mol. The molecule has 0 bridgehead atoms. The molecule has 162 valence electrons. The highest BCUT2D eigenvalue weighted by Crippen LogP contribution is 2.26. The Morgan fingerprint density at radius 3 is 2.81 bits per heavy atom. The summed E-state index contributed by atoms with van der Waals surface area (Å²) in [5, 5.41) is 1.34. The zero-order valence-corrected chi connectivity index (χ0v) is 17.3. The van der Waals surface area contributed by atoms with E-state index in [1.807, 2.05) is 17.0 Å². The van der Waals surface area contributed by atoms with Crippen LogP contribution in [0.25, 0.3) is 16.5 Å². The summed E-state index contributed by atoms with van der Waals surface area (Å²) < 4.78 is 27.7. The minimum absolute atomic E-state index is 0.0711. The van der Waals surface area contributed by atoms with Crippen LogP contribution < -0.4 is 20.9 Å². The number of hydrogen-bond donors (Lipinski definition) is 1. The van der Waals surface area contributed by atoms with Crippen molar-refractivity contribution in [2.75, 3.05) is 31.2 Å². The van der Waals surface area contributed by atoms with Crippen LogP contribution in [-0.2, 0) is 4.74 Å².